The first-order valence-corrected chi connectivity index (χ1v) is 11.0. The maximum atomic E-state index is 12.5. The SMILES string of the molecule is Cc1ccc2c(c1)-c1c(cnn1CC(=O)NCCc1ccc(S(N)(=O)=O)cc1)CO2. The molecule has 1 aromatic heterocycles. The van der Waals surface area contributed by atoms with Gasteiger partial charge in [-0.1, -0.05) is 23.8 Å². The first-order valence-electron chi connectivity index (χ1n) is 9.48. The number of hydrogen-bond donors (Lipinski definition) is 2. The van der Waals surface area contributed by atoms with E-state index in [1.807, 2.05) is 25.1 Å². The van der Waals surface area contributed by atoms with Crippen LogP contribution in [0.5, 0.6) is 5.75 Å². The molecule has 0 bridgehead atoms. The zero-order valence-electron chi connectivity index (χ0n) is 16.5. The van der Waals surface area contributed by atoms with E-state index in [1.54, 1.807) is 23.0 Å². The number of hydrogen-bond acceptors (Lipinski definition) is 5. The third-order valence-electron chi connectivity index (χ3n) is 4.97. The van der Waals surface area contributed by atoms with Crippen LogP contribution in [0, 0.1) is 6.92 Å². The molecule has 3 aromatic rings. The van der Waals surface area contributed by atoms with Gasteiger partial charge in [0, 0.05) is 17.7 Å². The molecule has 30 heavy (non-hydrogen) atoms. The standard InChI is InChI=1S/C21H22N4O4S/c1-14-2-7-19-18(10-14)21-16(13-29-19)11-24-25(21)12-20(26)23-9-8-15-3-5-17(6-4-15)30(22,27)28/h2-7,10-11H,8-9,12-13H2,1H3,(H,23,26)(H2,22,27,28). The minimum absolute atomic E-state index is 0.0678. The van der Waals surface area contributed by atoms with Gasteiger partial charge in [-0.25, -0.2) is 13.6 Å². The van der Waals surface area contributed by atoms with Crippen LogP contribution in [0.25, 0.3) is 11.3 Å². The number of amides is 1. The van der Waals surface area contributed by atoms with Gasteiger partial charge in [0.1, 0.15) is 18.9 Å². The molecule has 156 valence electrons. The Morgan fingerprint density at radius 3 is 2.73 bits per heavy atom. The van der Waals surface area contributed by atoms with Crippen LogP contribution in [0.2, 0.25) is 0 Å². The van der Waals surface area contributed by atoms with Crippen molar-refractivity contribution in [3.8, 4) is 17.0 Å². The molecule has 2 aromatic carbocycles. The Bertz CT molecular complexity index is 1200. The van der Waals surface area contributed by atoms with Gasteiger partial charge in [0.15, 0.2) is 0 Å². The van der Waals surface area contributed by atoms with Crippen molar-refractivity contribution >= 4 is 15.9 Å². The highest BCUT2D eigenvalue weighted by atomic mass is 32.2. The molecule has 0 radical (unpaired) electrons. The summed E-state index contributed by atoms with van der Waals surface area (Å²) in [7, 11) is -3.70. The largest absolute Gasteiger partial charge is 0.488 e. The third-order valence-corrected chi connectivity index (χ3v) is 5.90. The average molecular weight is 426 g/mol. The highest BCUT2D eigenvalue weighted by molar-refractivity contribution is 7.89. The van der Waals surface area contributed by atoms with E-state index in [9.17, 15) is 13.2 Å². The lowest BCUT2D eigenvalue weighted by molar-refractivity contribution is -0.121. The van der Waals surface area contributed by atoms with Crippen LogP contribution >= 0.6 is 0 Å². The molecule has 0 spiro atoms. The van der Waals surface area contributed by atoms with E-state index >= 15 is 0 Å². The van der Waals surface area contributed by atoms with Crippen molar-refractivity contribution in [1.82, 2.24) is 15.1 Å². The lowest BCUT2D eigenvalue weighted by Gasteiger charge is -2.19. The second kappa shape index (κ2) is 7.92. The van der Waals surface area contributed by atoms with E-state index in [2.05, 4.69) is 10.4 Å². The second-order valence-corrected chi connectivity index (χ2v) is 8.81. The number of aromatic nitrogens is 2. The smallest absolute Gasteiger partial charge is 0.241 e. The first-order chi connectivity index (χ1) is 14.3. The number of fused-ring (bicyclic) bond motifs is 3. The predicted molar refractivity (Wildman–Crippen MR) is 111 cm³/mol. The molecule has 0 unspecified atom stereocenters. The van der Waals surface area contributed by atoms with Crippen LogP contribution in [0.3, 0.4) is 0 Å². The average Bonchev–Trinajstić information content (AvgIpc) is 3.11. The fourth-order valence-electron chi connectivity index (χ4n) is 3.46. The number of carbonyl (C=O) groups excluding carboxylic acids is 1. The summed E-state index contributed by atoms with van der Waals surface area (Å²) in [5.74, 6) is 0.640. The van der Waals surface area contributed by atoms with Gasteiger partial charge in [0.2, 0.25) is 15.9 Å². The quantitative estimate of drug-likeness (QED) is 0.623. The summed E-state index contributed by atoms with van der Waals surface area (Å²) < 4.78 is 30.1. The van der Waals surface area contributed by atoms with Gasteiger partial charge in [-0.15, -0.1) is 0 Å². The molecular weight excluding hydrogens is 404 g/mol. The lowest BCUT2D eigenvalue weighted by Crippen LogP contribution is -2.30. The topological polar surface area (TPSA) is 116 Å². The summed E-state index contributed by atoms with van der Waals surface area (Å²) in [6, 6.07) is 12.3. The molecular formula is C21H22N4O4S. The maximum Gasteiger partial charge on any atom is 0.241 e. The Hall–Kier alpha value is -3.17. The maximum absolute atomic E-state index is 12.5. The third kappa shape index (κ3) is 4.22. The van der Waals surface area contributed by atoms with Crippen LogP contribution in [-0.2, 0) is 34.4 Å². The Morgan fingerprint density at radius 2 is 2.00 bits per heavy atom. The van der Waals surface area contributed by atoms with Crippen LogP contribution in [0.1, 0.15) is 16.7 Å². The number of carbonyl (C=O) groups is 1. The van der Waals surface area contributed by atoms with E-state index in [4.69, 9.17) is 9.88 Å². The molecule has 2 heterocycles. The first kappa shape index (κ1) is 20.1. The Labute approximate surface area is 174 Å². The van der Waals surface area contributed by atoms with Gasteiger partial charge < -0.3 is 10.1 Å². The van der Waals surface area contributed by atoms with Gasteiger partial charge >= 0.3 is 0 Å². The van der Waals surface area contributed by atoms with Gasteiger partial charge in [0.05, 0.1) is 16.8 Å². The van der Waals surface area contributed by atoms with Crippen molar-refractivity contribution in [2.24, 2.45) is 5.14 Å². The number of aryl methyl sites for hydroxylation is 1. The highest BCUT2D eigenvalue weighted by Gasteiger charge is 2.23. The van der Waals surface area contributed by atoms with Crippen molar-refractivity contribution in [3.05, 3.63) is 65.4 Å². The molecule has 0 saturated heterocycles. The zero-order valence-corrected chi connectivity index (χ0v) is 17.3. The monoisotopic (exact) mass is 426 g/mol. The molecule has 0 fully saturated rings. The molecule has 4 rings (SSSR count). The zero-order chi connectivity index (χ0) is 21.3. The number of primary sulfonamides is 1. The number of nitrogens with zero attached hydrogens (tertiary/aromatic N) is 2. The minimum atomic E-state index is -3.70. The van der Waals surface area contributed by atoms with Crippen molar-refractivity contribution in [3.63, 3.8) is 0 Å². The van der Waals surface area contributed by atoms with E-state index in [1.165, 1.54) is 12.1 Å². The number of nitrogens with two attached hydrogens (primary N) is 1. The van der Waals surface area contributed by atoms with Crippen molar-refractivity contribution < 1.29 is 17.9 Å². The molecule has 1 aliphatic heterocycles. The van der Waals surface area contributed by atoms with Crippen molar-refractivity contribution in [1.29, 1.82) is 0 Å². The van der Waals surface area contributed by atoms with Crippen LogP contribution < -0.4 is 15.2 Å². The van der Waals surface area contributed by atoms with E-state index in [-0.39, 0.29) is 17.3 Å². The lowest BCUT2D eigenvalue weighted by atomic mass is 10.0. The van der Waals surface area contributed by atoms with Crippen molar-refractivity contribution in [2.75, 3.05) is 6.54 Å². The summed E-state index contributed by atoms with van der Waals surface area (Å²) in [6.45, 7) is 2.97. The molecule has 9 heteroatoms. The molecule has 1 aliphatic rings. The Kier molecular flexibility index (Phi) is 5.31. The second-order valence-electron chi connectivity index (χ2n) is 7.25. The van der Waals surface area contributed by atoms with Crippen molar-refractivity contribution in [2.45, 2.75) is 31.4 Å². The summed E-state index contributed by atoms with van der Waals surface area (Å²) in [6.07, 6.45) is 2.31. The van der Waals surface area contributed by atoms with Gasteiger partial charge in [0.25, 0.3) is 0 Å². The Balaban J connectivity index is 1.39. The number of rotatable bonds is 6. The van der Waals surface area contributed by atoms with E-state index < -0.39 is 10.0 Å². The summed E-state index contributed by atoms with van der Waals surface area (Å²) in [4.78, 5) is 12.5. The predicted octanol–water partition coefficient (Wildman–Crippen LogP) is 1.76. The molecule has 1 amide bonds. The van der Waals surface area contributed by atoms with Gasteiger partial charge in [-0.05, 0) is 43.2 Å². The molecule has 0 atom stereocenters. The number of nitrogens with one attached hydrogen (secondary N) is 1. The van der Waals surface area contributed by atoms with E-state index in [0.717, 1.165) is 33.7 Å². The Morgan fingerprint density at radius 1 is 1.23 bits per heavy atom. The van der Waals surface area contributed by atoms with Crippen LogP contribution in [-0.4, -0.2) is 30.7 Å². The molecule has 8 nitrogen and oxygen atoms in total. The minimum Gasteiger partial charge on any atom is -0.488 e. The summed E-state index contributed by atoms with van der Waals surface area (Å²) >= 11 is 0. The summed E-state index contributed by atoms with van der Waals surface area (Å²) in [5, 5.41) is 12.4. The van der Waals surface area contributed by atoms with Crippen LogP contribution in [0.15, 0.2) is 53.6 Å². The van der Waals surface area contributed by atoms with Crippen LogP contribution in [0.4, 0.5) is 0 Å². The molecule has 0 saturated carbocycles. The molecule has 0 aliphatic carbocycles. The normalized spacial score (nSPS) is 12.6. The number of sulfonamides is 1. The number of ether oxygens (including phenoxy) is 1. The van der Waals surface area contributed by atoms with Gasteiger partial charge in [-0.2, -0.15) is 5.10 Å². The van der Waals surface area contributed by atoms with E-state index in [0.29, 0.717) is 19.6 Å². The van der Waals surface area contributed by atoms with Gasteiger partial charge in [-0.3, -0.25) is 9.48 Å². The fraction of sp³-hybridized carbons (Fsp3) is 0.238. The highest BCUT2D eigenvalue weighted by Crippen LogP contribution is 2.37. The summed E-state index contributed by atoms with van der Waals surface area (Å²) in [5.41, 5.74) is 4.82. The number of benzene rings is 2. The fourth-order valence-corrected chi connectivity index (χ4v) is 3.97. The molecule has 3 N–H and O–H groups in total.